The molecule has 0 saturated carbocycles. The van der Waals surface area contributed by atoms with Gasteiger partial charge in [0, 0.05) is 31.7 Å². The van der Waals surface area contributed by atoms with E-state index in [-0.39, 0.29) is 11.3 Å². The van der Waals surface area contributed by atoms with Gasteiger partial charge >= 0.3 is 0 Å². The predicted octanol–water partition coefficient (Wildman–Crippen LogP) is 2.38. The second-order valence-corrected chi connectivity index (χ2v) is 7.10. The Morgan fingerprint density at radius 3 is 2.83 bits per heavy atom. The van der Waals surface area contributed by atoms with Gasteiger partial charge in [0.25, 0.3) is 0 Å². The molecule has 1 aromatic carbocycles. The Balaban J connectivity index is 1.61. The van der Waals surface area contributed by atoms with Gasteiger partial charge in [-0.05, 0) is 19.4 Å². The molecule has 2 heterocycles. The van der Waals surface area contributed by atoms with Crippen LogP contribution in [0.2, 0.25) is 0 Å². The molecule has 2 fully saturated rings. The van der Waals surface area contributed by atoms with Gasteiger partial charge in [-0.25, -0.2) is 0 Å². The first-order valence-electron chi connectivity index (χ1n) is 8.72. The molecule has 1 amide bonds. The van der Waals surface area contributed by atoms with Crippen LogP contribution in [0.15, 0.2) is 24.3 Å². The van der Waals surface area contributed by atoms with Gasteiger partial charge in [-0.3, -0.25) is 9.69 Å². The van der Waals surface area contributed by atoms with E-state index in [2.05, 4.69) is 11.0 Å². The van der Waals surface area contributed by atoms with Gasteiger partial charge in [0.1, 0.15) is 11.1 Å². The standard InChI is InChI=1S/C18H26N2O3S/c1-2-23-16-7-4-3-6-15(16)18-20(17(21)14-24-18)9-5-8-19-10-12-22-13-11-19/h3-4,6-7,18H,2,5,8-14H2,1H3. The number of thioether (sulfide) groups is 1. The first-order valence-corrected chi connectivity index (χ1v) is 9.77. The van der Waals surface area contributed by atoms with Crippen molar-refractivity contribution in [1.82, 2.24) is 9.80 Å². The van der Waals surface area contributed by atoms with Crippen molar-refractivity contribution in [1.29, 1.82) is 0 Å². The first-order chi connectivity index (χ1) is 11.8. The molecule has 2 saturated heterocycles. The lowest BCUT2D eigenvalue weighted by atomic mass is 10.1. The third-order valence-electron chi connectivity index (χ3n) is 4.43. The molecule has 0 bridgehead atoms. The Morgan fingerprint density at radius 1 is 1.25 bits per heavy atom. The van der Waals surface area contributed by atoms with Gasteiger partial charge in [0.05, 0.1) is 25.6 Å². The fourth-order valence-corrected chi connectivity index (χ4v) is 4.46. The molecule has 0 radical (unpaired) electrons. The Kier molecular flexibility index (Phi) is 6.40. The fraction of sp³-hybridized carbons (Fsp3) is 0.611. The van der Waals surface area contributed by atoms with Crippen LogP contribution in [-0.2, 0) is 9.53 Å². The molecule has 2 aliphatic rings. The maximum atomic E-state index is 12.3. The van der Waals surface area contributed by atoms with Crippen LogP contribution in [0.4, 0.5) is 0 Å². The lowest BCUT2D eigenvalue weighted by Crippen LogP contribution is -2.38. The number of rotatable bonds is 7. The highest BCUT2D eigenvalue weighted by molar-refractivity contribution is 8.00. The average Bonchev–Trinajstić information content (AvgIpc) is 2.98. The van der Waals surface area contributed by atoms with Crippen LogP contribution in [0.25, 0.3) is 0 Å². The molecule has 1 aromatic rings. The minimum absolute atomic E-state index is 0.0740. The highest BCUT2D eigenvalue weighted by Gasteiger charge is 2.34. The monoisotopic (exact) mass is 350 g/mol. The summed E-state index contributed by atoms with van der Waals surface area (Å²) in [7, 11) is 0. The van der Waals surface area contributed by atoms with Crippen LogP contribution in [0, 0.1) is 0 Å². The summed E-state index contributed by atoms with van der Waals surface area (Å²) in [5.41, 5.74) is 1.11. The zero-order valence-corrected chi connectivity index (χ0v) is 15.1. The number of hydrogen-bond donors (Lipinski definition) is 0. The first kappa shape index (κ1) is 17.6. The lowest BCUT2D eigenvalue weighted by molar-refractivity contribution is -0.128. The van der Waals surface area contributed by atoms with Crippen molar-refractivity contribution in [2.24, 2.45) is 0 Å². The number of carbonyl (C=O) groups is 1. The summed E-state index contributed by atoms with van der Waals surface area (Å²) < 4.78 is 11.1. The third-order valence-corrected chi connectivity index (χ3v) is 5.67. The molecule has 0 spiro atoms. The smallest absolute Gasteiger partial charge is 0.233 e. The van der Waals surface area contributed by atoms with Crippen molar-refractivity contribution in [2.45, 2.75) is 18.7 Å². The van der Waals surface area contributed by atoms with E-state index in [1.165, 1.54) is 0 Å². The average molecular weight is 350 g/mol. The third kappa shape index (κ3) is 4.23. The number of amides is 1. The molecule has 3 rings (SSSR count). The zero-order chi connectivity index (χ0) is 16.8. The number of nitrogens with zero attached hydrogens (tertiary/aromatic N) is 2. The molecule has 0 N–H and O–H groups in total. The van der Waals surface area contributed by atoms with E-state index in [0.29, 0.717) is 12.4 Å². The number of para-hydroxylation sites is 1. The van der Waals surface area contributed by atoms with Crippen molar-refractivity contribution in [3.8, 4) is 5.75 Å². The number of hydrogen-bond acceptors (Lipinski definition) is 5. The molecular weight excluding hydrogens is 324 g/mol. The van der Waals surface area contributed by atoms with Crippen molar-refractivity contribution in [3.05, 3.63) is 29.8 Å². The van der Waals surface area contributed by atoms with Gasteiger partial charge in [0.2, 0.25) is 5.91 Å². The van der Waals surface area contributed by atoms with Gasteiger partial charge in [0.15, 0.2) is 0 Å². The summed E-state index contributed by atoms with van der Waals surface area (Å²) in [6.45, 7) is 8.10. The van der Waals surface area contributed by atoms with E-state index in [0.717, 1.165) is 57.1 Å². The quantitative estimate of drug-likeness (QED) is 0.755. The maximum absolute atomic E-state index is 12.3. The van der Waals surface area contributed by atoms with E-state index in [1.54, 1.807) is 11.8 Å². The van der Waals surface area contributed by atoms with Crippen LogP contribution in [0.3, 0.4) is 0 Å². The summed E-state index contributed by atoms with van der Waals surface area (Å²) in [5, 5.41) is 0.0740. The molecule has 2 aliphatic heterocycles. The number of carbonyl (C=O) groups excluding carboxylic acids is 1. The lowest BCUT2D eigenvalue weighted by Gasteiger charge is -2.29. The summed E-state index contributed by atoms with van der Waals surface area (Å²) in [6, 6.07) is 8.08. The minimum Gasteiger partial charge on any atom is -0.493 e. The van der Waals surface area contributed by atoms with Crippen LogP contribution >= 0.6 is 11.8 Å². The largest absolute Gasteiger partial charge is 0.493 e. The summed E-state index contributed by atoms with van der Waals surface area (Å²) in [4.78, 5) is 16.8. The molecule has 5 nitrogen and oxygen atoms in total. The number of benzene rings is 1. The molecular formula is C18H26N2O3S. The van der Waals surface area contributed by atoms with Gasteiger partial charge in [-0.1, -0.05) is 18.2 Å². The highest BCUT2D eigenvalue weighted by Crippen LogP contribution is 2.42. The van der Waals surface area contributed by atoms with Gasteiger partial charge in [-0.15, -0.1) is 11.8 Å². The second kappa shape index (κ2) is 8.74. The molecule has 0 aliphatic carbocycles. The maximum Gasteiger partial charge on any atom is 0.233 e. The van der Waals surface area contributed by atoms with E-state index < -0.39 is 0 Å². The summed E-state index contributed by atoms with van der Waals surface area (Å²) >= 11 is 1.70. The molecule has 0 aromatic heterocycles. The molecule has 24 heavy (non-hydrogen) atoms. The molecule has 1 unspecified atom stereocenters. The Bertz CT molecular complexity index is 549. The van der Waals surface area contributed by atoms with E-state index in [9.17, 15) is 4.79 Å². The number of ether oxygens (including phenoxy) is 2. The predicted molar refractivity (Wildman–Crippen MR) is 96.4 cm³/mol. The van der Waals surface area contributed by atoms with Crippen molar-refractivity contribution < 1.29 is 14.3 Å². The van der Waals surface area contributed by atoms with E-state index >= 15 is 0 Å². The highest BCUT2D eigenvalue weighted by atomic mass is 32.2. The Hall–Kier alpha value is -1.24. The summed E-state index contributed by atoms with van der Waals surface area (Å²) in [6.07, 6.45) is 1.000. The Morgan fingerprint density at radius 2 is 2.04 bits per heavy atom. The van der Waals surface area contributed by atoms with Crippen molar-refractivity contribution >= 4 is 17.7 Å². The molecule has 6 heteroatoms. The van der Waals surface area contributed by atoms with Gasteiger partial charge in [-0.2, -0.15) is 0 Å². The molecule has 1 atom stereocenters. The zero-order valence-electron chi connectivity index (χ0n) is 14.3. The normalized spacial score (nSPS) is 22.1. The van der Waals surface area contributed by atoms with E-state index in [1.807, 2.05) is 30.0 Å². The van der Waals surface area contributed by atoms with Crippen LogP contribution in [0.1, 0.15) is 24.3 Å². The van der Waals surface area contributed by atoms with Gasteiger partial charge < -0.3 is 14.4 Å². The summed E-state index contributed by atoms with van der Waals surface area (Å²) in [5.74, 6) is 1.69. The minimum atomic E-state index is 0.0740. The van der Waals surface area contributed by atoms with Crippen LogP contribution < -0.4 is 4.74 Å². The topological polar surface area (TPSA) is 42.0 Å². The van der Waals surface area contributed by atoms with Crippen molar-refractivity contribution in [2.75, 3.05) is 51.8 Å². The van der Waals surface area contributed by atoms with E-state index in [4.69, 9.17) is 9.47 Å². The Labute approximate surface area is 148 Å². The van der Waals surface area contributed by atoms with Crippen molar-refractivity contribution in [3.63, 3.8) is 0 Å². The number of morpholine rings is 1. The van der Waals surface area contributed by atoms with Crippen LogP contribution in [0.5, 0.6) is 5.75 Å². The molecule has 132 valence electrons. The van der Waals surface area contributed by atoms with Crippen LogP contribution in [-0.4, -0.2) is 67.5 Å². The SMILES string of the molecule is CCOc1ccccc1C1SCC(=O)N1CCCN1CCOCC1. The second-order valence-electron chi connectivity index (χ2n) is 6.03. The fourth-order valence-electron chi connectivity index (χ4n) is 3.21.